The Hall–Kier alpha value is -1.71. The van der Waals surface area contributed by atoms with Crippen LogP contribution in [0.15, 0.2) is 42.5 Å². The number of carbonyl (C=O) groups is 1. The van der Waals surface area contributed by atoms with Gasteiger partial charge in [-0.15, -0.1) is 0 Å². The smallest absolute Gasteiger partial charge is 0.251 e. The topological polar surface area (TPSA) is 32.3 Å². The minimum Gasteiger partial charge on any atom is -0.378 e. The third-order valence-electron chi connectivity index (χ3n) is 3.56. The molecule has 0 aliphatic rings. The molecule has 0 aliphatic heterocycles. The number of aryl methyl sites for hydroxylation is 1. The van der Waals surface area contributed by atoms with Gasteiger partial charge in [-0.25, -0.2) is 0 Å². The van der Waals surface area contributed by atoms with Crippen molar-refractivity contribution < 1.29 is 4.79 Å². The van der Waals surface area contributed by atoms with Crippen molar-refractivity contribution in [2.45, 2.75) is 12.8 Å². The summed E-state index contributed by atoms with van der Waals surface area (Å²) in [6, 6.07) is 13.3. The molecular formula is C18H20Cl2N2O. The van der Waals surface area contributed by atoms with Gasteiger partial charge in [-0.2, -0.15) is 0 Å². The summed E-state index contributed by atoms with van der Waals surface area (Å²) < 4.78 is 0. The summed E-state index contributed by atoms with van der Waals surface area (Å²) in [4.78, 5) is 14.1. The summed E-state index contributed by atoms with van der Waals surface area (Å²) in [6.07, 6.45) is 1.81. The van der Waals surface area contributed by atoms with E-state index in [4.69, 9.17) is 23.2 Å². The number of anilines is 1. The van der Waals surface area contributed by atoms with E-state index in [9.17, 15) is 4.79 Å². The first-order valence-electron chi connectivity index (χ1n) is 7.47. The van der Waals surface area contributed by atoms with Crippen molar-refractivity contribution >= 4 is 34.8 Å². The fraction of sp³-hybridized carbons (Fsp3) is 0.278. The summed E-state index contributed by atoms with van der Waals surface area (Å²) in [5.41, 5.74) is 2.97. The molecule has 0 fully saturated rings. The number of nitrogens with zero attached hydrogens (tertiary/aromatic N) is 1. The molecule has 2 aromatic rings. The van der Waals surface area contributed by atoms with Crippen molar-refractivity contribution in [1.29, 1.82) is 0 Å². The maximum atomic E-state index is 12.0. The molecule has 2 rings (SSSR count). The molecule has 5 heteroatoms. The monoisotopic (exact) mass is 350 g/mol. The normalized spacial score (nSPS) is 10.4. The van der Waals surface area contributed by atoms with E-state index in [0.29, 0.717) is 22.2 Å². The molecule has 0 aliphatic carbocycles. The number of carbonyl (C=O) groups excluding carboxylic acids is 1. The molecule has 0 bridgehead atoms. The summed E-state index contributed by atoms with van der Waals surface area (Å²) >= 11 is 11.8. The molecule has 1 amide bonds. The molecule has 23 heavy (non-hydrogen) atoms. The summed E-state index contributed by atoms with van der Waals surface area (Å²) in [5.74, 6) is -0.133. The Labute approximate surface area is 147 Å². The van der Waals surface area contributed by atoms with Crippen LogP contribution >= 0.6 is 23.2 Å². The van der Waals surface area contributed by atoms with E-state index >= 15 is 0 Å². The average Bonchev–Trinajstić information content (AvgIpc) is 2.54. The molecular weight excluding hydrogens is 331 g/mol. The molecule has 0 heterocycles. The summed E-state index contributed by atoms with van der Waals surface area (Å²) in [6.45, 7) is 0.620. The van der Waals surface area contributed by atoms with Crippen LogP contribution in [0.25, 0.3) is 0 Å². The van der Waals surface area contributed by atoms with E-state index in [0.717, 1.165) is 12.8 Å². The van der Waals surface area contributed by atoms with Gasteiger partial charge in [0.05, 0.1) is 10.0 Å². The van der Waals surface area contributed by atoms with Crippen LogP contribution in [-0.4, -0.2) is 26.5 Å². The zero-order valence-corrected chi connectivity index (χ0v) is 14.8. The molecule has 122 valence electrons. The minimum atomic E-state index is -0.133. The maximum Gasteiger partial charge on any atom is 0.251 e. The van der Waals surface area contributed by atoms with Crippen molar-refractivity contribution in [3.63, 3.8) is 0 Å². The van der Waals surface area contributed by atoms with E-state index in [2.05, 4.69) is 34.5 Å². The second-order valence-corrected chi connectivity index (χ2v) is 6.36. The SMILES string of the molecule is CN(C)c1ccc(CCCNC(=O)c2ccc(Cl)c(Cl)c2)cc1. The number of nitrogens with one attached hydrogen (secondary N) is 1. The van der Waals surface area contributed by atoms with Crippen LogP contribution < -0.4 is 10.2 Å². The molecule has 0 aromatic heterocycles. The third-order valence-corrected chi connectivity index (χ3v) is 4.30. The Bertz CT molecular complexity index is 669. The lowest BCUT2D eigenvalue weighted by Gasteiger charge is -2.12. The van der Waals surface area contributed by atoms with E-state index in [1.807, 2.05) is 14.1 Å². The summed E-state index contributed by atoms with van der Waals surface area (Å²) in [7, 11) is 4.04. The van der Waals surface area contributed by atoms with Gasteiger partial charge >= 0.3 is 0 Å². The molecule has 0 unspecified atom stereocenters. The van der Waals surface area contributed by atoms with Crippen LogP contribution in [0, 0.1) is 0 Å². The second-order valence-electron chi connectivity index (χ2n) is 5.55. The minimum absolute atomic E-state index is 0.133. The molecule has 0 saturated carbocycles. The van der Waals surface area contributed by atoms with Crippen LogP contribution in [0.2, 0.25) is 10.0 Å². The predicted octanol–water partition coefficient (Wildman–Crippen LogP) is 4.42. The van der Waals surface area contributed by atoms with Crippen LogP contribution in [0.4, 0.5) is 5.69 Å². The fourth-order valence-corrected chi connectivity index (χ4v) is 2.49. The van der Waals surface area contributed by atoms with Crippen LogP contribution in [0.5, 0.6) is 0 Å². The van der Waals surface area contributed by atoms with Gasteiger partial charge in [0.25, 0.3) is 5.91 Å². The van der Waals surface area contributed by atoms with Crippen molar-refractivity contribution in [2.24, 2.45) is 0 Å². The van der Waals surface area contributed by atoms with Crippen LogP contribution in [0.3, 0.4) is 0 Å². The second kappa shape index (κ2) is 8.23. The van der Waals surface area contributed by atoms with Gasteiger partial charge < -0.3 is 10.2 Å². The quantitative estimate of drug-likeness (QED) is 0.782. The number of halogens is 2. The molecule has 0 spiro atoms. The van der Waals surface area contributed by atoms with Gasteiger partial charge in [0.1, 0.15) is 0 Å². The fourth-order valence-electron chi connectivity index (χ4n) is 2.19. The van der Waals surface area contributed by atoms with Crippen molar-refractivity contribution in [3.05, 3.63) is 63.6 Å². The number of amides is 1. The Kier molecular flexibility index (Phi) is 6.31. The summed E-state index contributed by atoms with van der Waals surface area (Å²) in [5, 5.41) is 3.73. The average molecular weight is 351 g/mol. The van der Waals surface area contributed by atoms with Crippen LogP contribution in [0.1, 0.15) is 22.3 Å². The molecule has 0 radical (unpaired) electrons. The number of hydrogen-bond donors (Lipinski definition) is 1. The van der Waals surface area contributed by atoms with Gasteiger partial charge in [0.2, 0.25) is 0 Å². The standard InChI is InChI=1S/C18H20Cl2N2O/c1-22(2)15-8-5-13(6-9-15)4-3-11-21-18(23)14-7-10-16(19)17(20)12-14/h5-10,12H,3-4,11H2,1-2H3,(H,21,23). The molecule has 2 aromatic carbocycles. The highest BCUT2D eigenvalue weighted by Crippen LogP contribution is 2.22. The first kappa shape index (κ1) is 17.6. The lowest BCUT2D eigenvalue weighted by molar-refractivity contribution is 0.0953. The molecule has 1 N–H and O–H groups in total. The Morgan fingerprint density at radius 1 is 1.04 bits per heavy atom. The highest BCUT2D eigenvalue weighted by atomic mass is 35.5. The van der Waals surface area contributed by atoms with E-state index < -0.39 is 0 Å². The van der Waals surface area contributed by atoms with Gasteiger partial charge in [0, 0.05) is 31.9 Å². The first-order valence-corrected chi connectivity index (χ1v) is 8.22. The van der Waals surface area contributed by atoms with Gasteiger partial charge in [-0.05, 0) is 48.7 Å². The molecule has 0 saturated heterocycles. The Morgan fingerprint density at radius 3 is 2.35 bits per heavy atom. The van der Waals surface area contributed by atoms with Crippen LogP contribution in [-0.2, 0) is 6.42 Å². The van der Waals surface area contributed by atoms with Gasteiger partial charge in [-0.1, -0.05) is 35.3 Å². The zero-order valence-electron chi connectivity index (χ0n) is 13.3. The number of benzene rings is 2. The van der Waals surface area contributed by atoms with Crippen molar-refractivity contribution in [3.8, 4) is 0 Å². The van der Waals surface area contributed by atoms with E-state index in [1.165, 1.54) is 11.3 Å². The van der Waals surface area contributed by atoms with Gasteiger partial charge in [-0.3, -0.25) is 4.79 Å². The highest BCUT2D eigenvalue weighted by molar-refractivity contribution is 6.42. The van der Waals surface area contributed by atoms with Crippen molar-refractivity contribution in [2.75, 3.05) is 25.5 Å². The lowest BCUT2D eigenvalue weighted by Crippen LogP contribution is -2.24. The van der Waals surface area contributed by atoms with Gasteiger partial charge in [0.15, 0.2) is 0 Å². The Morgan fingerprint density at radius 2 is 1.74 bits per heavy atom. The van der Waals surface area contributed by atoms with E-state index in [-0.39, 0.29) is 5.91 Å². The zero-order chi connectivity index (χ0) is 16.8. The largest absolute Gasteiger partial charge is 0.378 e. The number of hydrogen-bond acceptors (Lipinski definition) is 2. The molecule has 0 atom stereocenters. The third kappa shape index (κ3) is 5.15. The predicted molar refractivity (Wildman–Crippen MR) is 97.9 cm³/mol. The lowest BCUT2D eigenvalue weighted by atomic mass is 10.1. The Balaban J connectivity index is 1.78. The van der Waals surface area contributed by atoms with E-state index in [1.54, 1.807) is 18.2 Å². The highest BCUT2D eigenvalue weighted by Gasteiger charge is 2.07. The molecule has 3 nitrogen and oxygen atoms in total. The first-order chi connectivity index (χ1) is 11.0. The number of rotatable bonds is 6. The van der Waals surface area contributed by atoms with Crippen molar-refractivity contribution in [1.82, 2.24) is 5.32 Å². The maximum absolute atomic E-state index is 12.0.